The van der Waals surface area contributed by atoms with Gasteiger partial charge < -0.3 is 14.9 Å². The Balaban J connectivity index is 2.33. The van der Waals surface area contributed by atoms with E-state index in [1.807, 2.05) is 0 Å². The van der Waals surface area contributed by atoms with Gasteiger partial charge in [0.1, 0.15) is 5.66 Å². The van der Waals surface area contributed by atoms with Crippen LogP contribution >= 0.6 is 12.2 Å². The SMILES string of the molecule is NC1(n2ncoc2=S)CCOCC1. The Bertz CT molecular complexity index is 340. The maximum absolute atomic E-state index is 6.12. The lowest BCUT2D eigenvalue weighted by Crippen LogP contribution is -2.48. The summed E-state index contributed by atoms with van der Waals surface area (Å²) in [5, 5.41) is 3.98. The van der Waals surface area contributed by atoms with Crippen molar-refractivity contribution in [3.63, 3.8) is 0 Å². The second-order valence-corrected chi connectivity index (χ2v) is 3.48. The van der Waals surface area contributed by atoms with Crippen LogP contribution in [0.4, 0.5) is 0 Å². The standard InChI is InChI=1S/C7H11N3O2S/c8-7(1-3-11-4-2-7)10-6(13)12-5-9-10/h5H,1-4,8H2. The van der Waals surface area contributed by atoms with E-state index in [9.17, 15) is 0 Å². The van der Waals surface area contributed by atoms with Gasteiger partial charge >= 0.3 is 0 Å². The first-order valence-corrected chi connectivity index (χ1v) is 4.53. The van der Waals surface area contributed by atoms with E-state index < -0.39 is 5.66 Å². The molecule has 0 bridgehead atoms. The maximum Gasteiger partial charge on any atom is 0.288 e. The smallest absolute Gasteiger partial charge is 0.288 e. The van der Waals surface area contributed by atoms with E-state index in [-0.39, 0.29) is 0 Å². The molecule has 6 heteroatoms. The van der Waals surface area contributed by atoms with Crippen LogP contribution in [0.3, 0.4) is 0 Å². The number of nitrogens with two attached hydrogens (primary N) is 1. The summed E-state index contributed by atoms with van der Waals surface area (Å²) in [6.45, 7) is 1.29. The average molecular weight is 201 g/mol. The summed E-state index contributed by atoms with van der Waals surface area (Å²) in [6, 6.07) is 0. The Morgan fingerprint density at radius 2 is 2.23 bits per heavy atom. The van der Waals surface area contributed by atoms with Crippen molar-refractivity contribution < 1.29 is 9.15 Å². The first kappa shape index (κ1) is 8.86. The molecule has 2 rings (SSSR count). The van der Waals surface area contributed by atoms with Crippen LogP contribution < -0.4 is 5.73 Å². The Labute approximate surface area is 80.5 Å². The third-order valence-electron chi connectivity index (χ3n) is 2.27. The minimum atomic E-state index is -0.525. The zero-order valence-corrected chi connectivity index (χ0v) is 7.92. The highest BCUT2D eigenvalue weighted by atomic mass is 32.1. The first-order chi connectivity index (χ1) is 6.22. The molecule has 0 saturated carbocycles. The Hall–Kier alpha value is -0.720. The summed E-state index contributed by atoms with van der Waals surface area (Å²) >= 11 is 4.95. The monoisotopic (exact) mass is 201 g/mol. The summed E-state index contributed by atoms with van der Waals surface area (Å²) in [7, 11) is 0. The number of hydrogen-bond acceptors (Lipinski definition) is 5. The number of nitrogens with zero attached hydrogens (tertiary/aromatic N) is 2. The fourth-order valence-electron chi connectivity index (χ4n) is 1.45. The minimum absolute atomic E-state index is 0.324. The molecule has 0 aliphatic carbocycles. The van der Waals surface area contributed by atoms with Crippen LogP contribution in [0.5, 0.6) is 0 Å². The number of aromatic nitrogens is 2. The van der Waals surface area contributed by atoms with E-state index in [0.29, 0.717) is 30.9 Å². The Kier molecular flexibility index (Phi) is 2.19. The fourth-order valence-corrected chi connectivity index (χ4v) is 1.72. The number of ether oxygens (including phenoxy) is 1. The van der Waals surface area contributed by atoms with E-state index >= 15 is 0 Å². The lowest BCUT2D eigenvalue weighted by molar-refractivity contribution is 0.0163. The van der Waals surface area contributed by atoms with Gasteiger partial charge in [0.25, 0.3) is 4.84 Å². The van der Waals surface area contributed by atoms with Gasteiger partial charge in [-0.3, -0.25) is 0 Å². The summed E-state index contributed by atoms with van der Waals surface area (Å²) in [5.41, 5.74) is 5.59. The molecule has 1 fully saturated rings. The van der Waals surface area contributed by atoms with E-state index in [4.69, 9.17) is 27.1 Å². The highest BCUT2D eigenvalue weighted by Gasteiger charge is 2.31. The van der Waals surface area contributed by atoms with Crippen LogP contribution in [0.1, 0.15) is 12.8 Å². The third kappa shape index (κ3) is 1.52. The summed E-state index contributed by atoms with van der Waals surface area (Å²) in [5.74, 6) is 0. The highest BCUT2D eigenvalue weighted by Crippen LogP contribution is 2.22. The zero-order valence-electron chi connectivity index (χ0n) is 7.10. The molecule has 0 unspecified atom stereocenters. The molecule has 0 spiro atoms. The molecule has 1 aliphatic heterocycles. The quantitative estimate of drug-likeness (QED) is 0.675. The third-order valence-corrected chi connectivity index (χ3v) is 2.54. The molecule has 1 aromatic heterocycles. The molecule has 0 atom stereocenters. The molecule has 0 aromatic carbocycles. The Morgan fingerprint density at radius 1 is 1.54 bits per heavy atom. The maximum atomic E-state index is 6.12. The molecular formula is C7H11N3O2S. The van der Waals surface area contributed by atoms with Gasteiger partial charge in [-0.05, 0) is 12.2 Å². The molecule has 13 heavy (non-hydrogen) atoms. The predicted molar refractivity (Wildman–Crippen MR) is 47.5 cm³/mol. The molecule has 1 saturated heterocycles. The molecule has 2 N–H and O–H groups in total. The highest BCUT2D eigenvalue weighted by molar-refractivity contribution is 7.71. The van der Waals surface area contributed by atoms with Crippen LogP contribution in [-0.4, -0.2) is 23.0 Å². The van der Waals surface area contributed by atoms with E-state index in [2.05, 4.69) is 5.10 Å². The molecule has 5 nitrogen and oxygen atoms in total. The molecule has 72 valence electrons. The minimum Gasteiger partial charge on any atom is -0.417 e. The van der Waals surface area contributed by atoms with E-state index in [1.165, 1.54) is 6.39 Å². The van der Waals surface area contributed by atoms with Crippen LogP contribution in [-0.2, 0) is 10.4 Å². The molecule has 0 amide bonds. The largest absolute Gasteiger partial charge is 0.417 e. The molecule has 2 heterocycles. The van der Waals surface area contributed by atoms with E-state index in [0.717, 1.165) is 0 Å². The van der Waals surface area contributed by atoms with Gasteiger partial charge in [-0.1, -0.05) is 0 Å². The van der Waals surface area contributed by atoms with Crippen LogP contribution in [0, 0.1) is 4.84 Å². The first-order valence-electron chi connectivity index (χ1n) is 4.12. The fraction of sp³-hybridized carbons (Fsp3) is 0.714. The van der Waals surface area contributed by atoms with Crippen molar-refractivity contribution in [1.82, 2.24) is 9.78 Å². The van der Waals surface area contributed by atoms with Crippen LogP contribution in [0.2, 0.25) is 0 Å². The second-order valence-electron chi connectivity index (χ2n) is 3.13. The normalized spacial score (nSPS) is 21.6. The van der Waals surface area contributed by atoms with E-state index in [1.54, 1.807) is 4.68 Å². The van der Waals surface area contributed by atoms with Gasteiger partial charge in [-0.25, -0.2) is 4.68 Å². The van der Waals surface area contributed by atoms with Gasteiger partial charge in [-0.2, -0.15) is 0 Å². The Morgan fingerprint density at radius 3 is 2.77 bits per heavy atom. The lowest BCUT2D eigenvalue weighted by Gasteiger charge is -2.32. The topological polar surface area (TPSA) is 66.2 Å². The van der Waals surface area contributed by atoms with Crippen LogP contribution in [0.15, 0.2) is 10.8 Å². The van der Waals surface area contributed by atoms with Crippen molar-refractivity contribution in [3.05, 3.63) is 11.2 Å². The van der Waals surface area contributed by atoms with Gasteiger partial charge in [0.15, 0.2) is 0 Å². The summed E-state index contributed by atoms with van der Waals surface area (Å²) < 4.78 is 11.7. The summed E-state index contributed by atoms with van der Waals surface area (Å²) in [6.07, 6.45) is 2.74. The van der Waals surface area contributed by atoms with Gasteiger partial charge in [0, 0.05) is 12.8 Å². The van der Waals surface area contributed by atoms with Gasteiger partial charge in [0.2, 0.25) is 6.39 Å². The van der Waals surface area contributed by atoms with Crippen molar-refractivity contribution in [2.24, 2.45) is 5.73 Å². The van der Waals surface area contributed by atoms with Crippen molar-refractivity contribution in [1.29, 1.82) is 0 Å². The molecular weight excluding hydrogens is 190 g/mol. The zero-order chi connectivity index (χ0) is 9.31. The molecule has 1 aliphatic rings. The van der Waals surface area contributed by atoms with Gasteiger partial charge in [0.05, 0.1) is 13.2 Å². The summed E-state index contributed by atoms with van der Waals surface area (Å²) in [4.78, 5) is 0.324. The second kappa shape index (κ2) is 3.21. The van der Waals surface area contributed by atoms with Crippen molar-refractivity contribution in [2.45, 2.75) is 18.5 Å². The van der Waals surface area contributed by atoms with Crippen molar-refractivity contribution >= 4 is 12.2 Å². The number of rotatable bonds is 1. The van der Waals surface area contributed by atoms with Gasteiger partial charge in [-0.15, -0.1) is 5.10 Å². The lowest BCUT2D eigenvalue weighted by atomic mass is 10.0. The van der Waals surface area contributed by atoms with Crippen molar-refractivity contribution in [3.8, 4) is 0 Å². The van der Waals surface area contributed by atoms with Crippen LogP contribution in [0.25, 0.3) is 0 Å². The molecule has 1 aromatic rings. The average Bonchev–Trinajstić information content (AvgIpc) is 2.53. The number of hydrogen-bond donors (Lipinski definition) is 1. The molecule has 0 radical (unpaired) electrons. The predicted octanol–water partition coefficient (Wildman–Crippen LogP) is 0.627. The van der Waals surface area contributed by atoms with Crippen molar-refractivity contribution in [2.75, 3.05) is 13.2 Å².